The van der Waals surface area contributed by atoms with Gasteiger partial charge < -0.3 is 16.0 Å². The number of rotatable bonds is 3. The molecular formula is C16H23N3O. The van der Waals surface area contributed by atoms with Crippen LogP contribution < -0.4 is 11.1 Å². The smallest absolute Gasteiger partial charge is 0.251 e. The van der Waals surface area contributed by atoms with E-state index in [1.165, 1.54) is 12.8 Å². The summed E-state index contributed by atoms with van der Waals surface area (Å²) in [6.07, 6.45) is 4.43. The molecule has 1 saturated carbocycles. The predicted octanol–water partition coefficient (Wildman–Crippen LogP) is 1.97. The van der Waals surface area contributed by atoms with E-state index in [-0.39, 0.29) is 5.91 Å². The number of hydrogen-bond donors (Lipinski definition) is 2. The molecule has 4 heteroatoms. The van der Waals surface area contributed by atoms with E-state index in [0.717, 1.165) is 42.7 Å². The van der Waals surface area contributed by atoms with Crippen LogP contribution in [0.1, 0.15) is 47.5 Å². The number of nitrogens with zero attached hydrogens (tertiary/aromatic N) is 1. The predicted molar refractivity (Wildman–Crippen MR) is 80.8 cm³/mol. The third-order valence-corrected chi connectivity index (χ3v) is 4.39. The van der Waals surface area contributed by atoms with Crippen molar-refractivity contribution in [2.45, 2.75) is 37.6 Å². The van der Waals surface area contributed by atoms with Crippen molar-refractivity contribution in [1.29, 1.82) is 0 Å². The SMILES string of the molecule is CN1CCC(NC(=O)c2ccc(N)cc2C2CC2)CC1. The topological polar surface area (TPSA) is 58.4 Å². The lowest BCUT2D eigenvalue weighted by molar-refractivity contribution is 0.0916. The maximum Gasteiger partial charge on any atom is 0.251 e. The molecule has 0 radical (unpaired) electrons. The summed E-state index contributed by atoms with van der Waals surface area (Å²) in [6, 6.07) is 5.99. The molecule has 1 amide bonds. The molecule has 2 aliphatic rings. The molecule has 1 saturated heterocycles. The molecule has 0 atom stereocenters. The highest BCUT2D eigenvalue weighted by Gasteiger charge is 2.29. The van der Waals surface area contributed by atoms with E-state index < -0.39 is 0 Å². The van der Waals surface area contributed by atoms with Gasteiger partial charge in [-0.1, -0.05) is 0 Å². The fourth-order valence-corrected chi connectivity index (χ4v) is 2.94. The minimum atomic E-state index is 0.0708. The van der Waals surface area contributed by atoms with Crippen LogP contribution in [-0.4, -0.2) is 37.0 Å². The van der Waals surface area contributed by atoms with E-state index in [4.69, 9.17) is 5.73 Å². The normalized spacial score (nSPS) is 20.9. The Morgan fingerprint density at radius 3 is 2.60 bits per heavy atom. The molecule has 108 valence electrons. The molecule has 1 aliphatic carbocycles. The second kappa shape index (κ2) is 5.44. The minimum Gasteiger partial charge on any atom is -0.399 e. The molecule has 3 rings (SSSR count). The second-order valence-corrected chi connectivity index (χ2v) is 6.17. The van der Waals surface area contributed by atoms with Crippen molar-refractivity contribution in [2.24, 2.45) is 0 Å². The number of benzene rings is 1. The number of amides is 1. The van der Waals surface area contributed by atoms with Crippen LogP contribution in [-0.2, 0) is 0 Å². The summed E-state index contributed by atoms with van der Waals surface area (Å²) in [5.74, 6) is 0.609. The summed E-state index contributed by atoms with van der Waals surface area (Å²) in [5, 5.41) is 3.19. The molecule has 1 aromatic rings. The lowest BCUT2D eigenvalue weighted by atomic mass is 10.00. The van der Waals surface area contributed by atoms with Crippen molar-refractivity contribution in [1.82, 2.24) is 10.2 Å². The number of likely N-dealkylation sites (tertiary alicyclic amines) is 1. The summed E-state index contributed by atoms with van der Waals surface area (Å²) in [7, 11) is 2.13. The number of anilines is 1. The van der Waals surface area contributed by atoms with Gasteiger partial charge in [-0.25, -0.2) is 0 Å². The van der Waals surface area contributed by atoms with Gasteiger partial charge >= 0.3 is 0 Å². The summed E-state index contributed by atoms with van der Waals surface area (Å²) >= 11 is 0. The molecule has 4 nitrogen and oxygen atoms in total. The molecule has 1 aromatic carbocycles. The highest BCUT2D eigenvalue weighted by atomic mass is 16.1. The monoisotopic (exact) mass is 273 g/mol. The van der Waals surface area contributed by atoms with E-state index in [1.54, 1.807) is 0 Å². The van der Waals surface area contributed by atoms with Crippen LogP contribution in [0.15, 0.2) is 18.2 Å². The third-order valence-electron chi connectivity index (χ3n) is 4.39. The maximum atomic E-state index is 12.5. The van der Waals surface area contributed by atoms with Crippen LogP contribution in [0.5, 0.6) is 0 Å². The first-order chi connectivity index (χ1) is 9.63. The zero-order valence-electron chi connectivity index (χ0n) is 12.1. The Labute approximate surface area is 120 Å². The molecule has 2 fully saturated rings. The maximum absolute atomic E-state index is 12.5. The van der Waals surface area contributed by atoms with Gasteiger partial charge in [-0.15, -0.1) is 0 Å². The van der Waals surface area contributed by atoms with Gasteiger partial charge in [0.2, 0.25) is 0 Å². The third kappa shape index (κ3) is 2.96. The first-order valence-electron chi connectivity index (χ1n) is 7.52. The van der Waals surface area contributed by atoms with Gasteiger partial charge in [-0.05, 0) is 75.5 Å². The van der Waals surface area contributed by atoms with E-state index >= 15 is 0 Å². The fourth-order valence-electron chi connectivity index (χ4n) is 2.94. The van der Waals surface area contributed by atoms with Gasteiger partial charge in [0.25, 0.3) is 5.91 Å². The van der Waals surface area contributed by atoms with Gasteiger partial charge in [-0.3, -0.25) is 4.79 Å². The number of nitrogens with one attached hydrogen (secondary N) is 1. The molecule has 0 aromatic heterocycles. The quantitative estimate of drug-likeness (QED) is 0.828. The lowest BCUT2D eigenvalue weighted by Crippen LogP contribution is -2.43. The standard InChI is InChI=1S/C16H23N3O/c1-19-8-6-13(7-9-19)18-16(20)14-5-4-12(17)10-15(14)11-2-3-11/h4-5,10-11,13H,2-3,6-9,17H2,1H3,(H,18,20). The van der Waals surface area contributed by atoms with Crippen molar-refractivity contribution in [3.63, 3.8) is 0 Å². The van der Waals surface area contributed by atoms with Crippen LogP contribution in [0, 0.1) is 0 Å². The molecule has 0 bridgehead atoms. The van der Waals surface area contributed by atoms with Crippen molar-refractivity contribution in [3.05, 3.63) is 29.3 Å². The zero-order valence-corrected chi connectivity index (χ0v) is 12.1. The zero-order chi connectivity index (χ0) is 14.1. The van der Waals surface area contributed by atoms with Gasteiger partial charge in [0.05, 0.1) is 0 Å². The van der Waals surface area contributed by atoms with Gasteiger partial charge in [0.1, 0.15) is 0 Å². The number of hydrogen-bond acceptors (Lipinski definition) is 3. The Hall–Kier alpha value is -1.55. The van der Waals surface area contributed by atoms with Crippen molar-refractivity contribution >= 4 is 11.6 Å². The molecule has 0 spiro atoms. The average Bonchev–Trinajstić information content (AvgIpc) is 3.25. The first-order valence-corrected chi connectivity index (χ1v) is 7.52. The minimum absolute atomic E-state index is 0.0708. The number of carbonyl (C=O) groups excluding carboxylic acids is 1. The van der Waals surface area contributed by atoms with Gasteiger partial charge in [0, 0.05) is 17.3 Å². The molecule has 1 heterocycles. The summed E-state index contributed by atoms with van der Waals surface area (Å²) in [6.45, 7) is 2.12. The molecular weight excluding hydrogens is 250 g/mol. The molecule has 0 unspecified atom stereocenters. The highest BCUT2D eigenvalue weighted by molar-refractivity contribution is 5.96. The largest absolute Gasteiger partial charge is 0.399 e. The van der Waals surface area contributed by atoms with E-state index in [9.17, 15) is 4.79 Å². The van der Waals surface area contributed by atoms with Gasteiger partial charge in [0.15, 0.2) is 0 Å². The Balaban J connectivity index is 1.70. The fraction of sp³-hybridized carbons (Fsp3) is 0.562. The summed E-state index contributed by atoms with van der Waals surface area (Å²) in [5.41, 5.74) is 8.56. The number of carbonyl (C=O) groups is 1. The molecule has 1 aliphatic heterocycles. The van der Waals surface area contributed by atoms with Crippen LogP contribution in [0.4, 0.5) is 5.69 Å². The Morgan fingerprint density at radius 1 is 1.25 bits per heavy atom. The van der Waals surface area contributed by atoms with Crippen molar-refractivity contribution in [2.75, 3.05) is 25.9 Å². The van der Waals surface area contributed by atoms with Crippen molar-refractivity contribution in [3.8, 4) is 0 Å². The van der Waals surface area contributed by atoms with Crippen LogP contribution >= 0.6 is 0 Å². The summed E-state index contributed by atoms with van der Waals surface area (Å²) in [4.78, 5) is 14.8. The lowest BCUT2D eigenvalue weighted by Gasteiger charge is -2.29. The Kier molecular flexibility index (Phi) is 3.66. The number of piperidine rings is 1. The van der Waals surface area contributed by atoms with E-state index in [1.807, 2.05) is 18.2 Å². The first kappa shape index (κ1) is 13.4. The van der Waals surface area contributed by atoms with E-state index in [2.05, 4.69) is 17.3 Å². The number of nitrogen functional groups attached to an aromatic ring is 1. The van der Waals surface area contributed by atoms with Crippen LogP contribution in [0.25, 0.3) is 0 Å². The highest BCUT2D eigenvalue weighted by Crippen LogP contribution is 2.42. The molecule has 20 heavy (non-hydrogen) atoms. The second-order valence-electron chi connectivity index (χ2n) is 6.17. The number of nitrogens with two attached hydrogens (primary N) is 1. The van der Waals surface area contributed by atoms with Crippen molar-refractivity contribution < 1.29 is 4.79 Å². The Bertz CT molecular complexity index is 502. The Morgan fingerprint density at radius 2 is 1.95 bits per heavy atom. The molecule has 3 N–H and O–H groups in total. The van der Waals surface area contributed by atoms with Crippen LogP contribution in [0.2, 0.25) is 0 Å². The average molecular weight is 273 g/mol. The van der Waals surface area contributed by atoms with Crippen LogP contribution in [0.3, 0.4) is 0 Å². The van der Waals surface area contributed by atoms with E-state index in [0.29, 0.717) is 12.0 Å². The van der Waals surface area contributed by atoms with Gasteiger partial charge in [-0.2, -0.15) is 0 Å². The summed E-state index contributed by atoms with van der Waals surface area (Å²) < 4.78 is 0.